The van der Waals surface area contributed by atoms with Crippen molar-refractivity contribution in [1.82, 2.24) is 9.88 Å². The Labute approximate surface area is 91.5 Å². The molecular weight excluding hydrogens is 186 g/mol. The number of nitrogens with zero attached hydrogens (tertiary/aromatic N) is 2. The molecule has 3 nitrogen and oxygen atoms in total. The monoisotopic (exact) mass is 205 g/mol. The highest BCUT2D eigenvalue weighted by atomic mass is 15.2. The standard InChI is InChI=1S/C12H19N3/c1-11(15-8-2-3-9-15)10-14-12-4-6-13-7-5-12/h4-7,11H,2-3,8-10H2,1H3,(H,13,14). The van der Waals surface area contributed by atoms with E-state index in [-0.39, 0.29) is 0 Å². The van der Waals surface area contributed by atoms with E-state index in [1.54, 1.807) is 0 Å². The fraction of sp³-hybridized carbons (Fsp3) is 0.583. The zero-order chi connectivity index (χ0) is 10.5. The van der Waals surface area contributed by atoms with Crippen LogP contribution in [0.3, 0.4) is 0 Å². The highest BCUT2D eigenvalue weighted by Gasteiger charge is 2.17. The molecule has 1 fully saturated rings. The predicted octanol–water partition coefficient (Wildman–Crippen LogP) is 1.98. The number of aromatic nitrogens is 1. The lowest BCUT2D eigenvalue weighted by Gasteiger charge is -2.24. The lowest BCUT2D eigenvalue weighted by Crippen LogP contribution is -2.35. The average molecular weight is 205 g/mol. The van der Waals surface area contributed by atoms with Gasteiger partial charge in [-0.1, -0.05) is 0 Å². The summed E-state index contributed by atoms with van der Waals surface area (Å²) in [5, 5.41) is 3.44. The molecule has 3 heteroatoms. The maximum Gasteiger partial charge on any atom is 0.0371 e. The van der Waals surface area contributed by atoms with Crippen molar-refractivity contribution in [3.63, 3.8) is 0 Å². The van der Waals surface area contributed by atoms with E-state index in [1.165, 1.54) is 25.9 Å². The number of rotatable bonds is 4. The highest BCUT2D eigenvalue weighted by Crippen LogP contribution is 2.12. The summed E-state index contributed by atoms with van der Waals surface area (Å²) < 4.78 is 0. The Hall–Kier alpha value is -1.09. The third kappa shape index (κ3) is 2.93. The van der Waals surface area contributed by atoms with Crippen LogP contribution in [0, 0.1) is 0 Å². The van der Waals surface area contributed by atoms with Crippen molar-refractivity contribution < 1.29 is 0 Å². The van der Waals surface area contributed by atoms with Gasteiger partial charge in [0.05, 0.1) is 0 Å². The molecule has 0 radical (unpaired) electrons. The molecule has 1 aromatic heterocycles. The first-order valence-electron chi connectivity index (χ1n) is 5.74. The summed E-state index contributed by atoms with van der Waals surface area (Å²) in [7, 11) is 0. The fourth-order valence-electron chi connectivity index (χ4n) is 2.05. The van der Waals surface area contributed by atoms with Crippen LogP contribution in [0.4, 0.5) is 5.69 Å². The molecule has 1 aliphatic rings. The van der Waals surface area contributed by atoms with Crippen molar-refractivity contribution in [3.8, 4) is 0 Å². The quantitative estimate of drug-likeness (QED) is 0.814. The lowest BCUT2D eigenvalue weighted by atomic mass is 10.3. The van der Waals surface area contributed by atoms with Crippen molar-refractivity contribution in [2.45, 2.75) is 25.8 Å². The van der Waals surface area contributed by atoms with Crippen LogP contribution in [0.1, 0.15) is 19.8 Å². The Morgan fingerprint density at radius 2 is 2.00 bits per heavy atom. The van der Waals surface area contributed by atoms with Crippen LogP contribution >= 0.6 is 0 Å². The molecule has 1 unspecified atom stereocenters. The predicted molar refractivity (Wildman–Crippen MR) is 63.0 cm³/mol. The van der Waals surface area contributed by atoms with Gasteiger partial charge in [-0.25, -0.2) is 0 Å². The topological polar surface area (TPSA) is 28.2 Å². The Kier molecular flexibility index (Phi) is 3.56. The minimum absolute atomic E-state index is 0.626. The van der Waals surface area contributed by atoms with Crippen LogP contribution in [-0.2, 0) is 0 Å². The highest BCUT2D eigenvalue weighted by molar-refractivity contribution is 5.40. The van der Waals surface area contributed by atoms with E-state index in [1.807, 2.05) is 24.5 Å². The van der Waals surface area contributed by atoms with Gasteiger partial charge in [0, 0.05) is 30.7 Å². The van der Waals surface area contributed by atoms with Crippen LogP contribution in [0.25, 0.3) is 0 Å². The fourth-order valence-corrected chi connectivity index (χ4v) is 2.05. The van der Waals surface area contributed by atoms with Crippen LogP contribution in [0.5, 0.6) is 0 Å². The van der Waals surface area contributed by atoms with Gasteiger partial charge in [0.2, 0.25) is 0 Å². The van der Waals surface area contributed by atoms with Crippen LogP contribution < -0.4 is 5.32 Å². The molecule has 1 N–H and O–H groups in total. The van der Waals surface area contributed by atoms with Gasteiger partial charge in [-0.15, -0.1) is 0 Å². The molecule has 0 spiro atoms. The number of pyridine rings is 1. The van der Waals surface area contributed by atoms with E-state index >= 15 is 0 Å². The van der Waals surface area contributed by atoms with E-state index in [0.29, 0.717) is 6.04 Å². The van der Waals surface area contributed by atoms with Gasteiger partial charge in [0.15, 0.2) is 0 Å². The van der Waals surface area contributed by atoms with E-state index < -0.39 is 0 Å². The largest absolute Gasteiger partial charge is 0.383 e. The number of hydrogen-bond donors (Lipinski definition) is 1. The summed E-state index contributed by atoms with van der Waals surface area (Å²) in [5.41, 5.74) is 1.16. The molecule has 0 amide bonds. The molecule has 1 aromatic rings. The van der Waals surface area contributed by atoms with Gasteiger partial charge in [0.25, 0.3) is 0 Å². The molecule has 82 valence electrons. The summed E-state index contributed by atoms with van der Waals surface area (Å²) in [6.45, 7) is 5.84. The Bertz CT molecular complexity index is 280. The normalized spacial score (nSPS) is 19.0. The molecule has 0 bridgehead atoms. The van der Waals surface area contributed by atoms with Gasteiger partial charge in [-0.2, -0.15) is 0 Å². The molecule has 0 aliphatic carbocycles. The molecule has 2 rings (SSSR count). The Morgan fingerprint density at radius 3 is 2.67 bits per heavy atom. The number of anilines is 1. The van der Waals surface area contributed by atoms with Crippen molar-refractivity contribution >= 4 is 5.69 Å². The molecule has 2 heterocycles. The minimum Gasteiger partial charge on any atom is -0.383 e. The van der Waals surface area contributed by atoms with Crippen molar-refractivity contribution in [1.29, 1.82) is 0 Å². The van der Waals surface area contributed by atoms with Crippen LogP contribution in [0.2, 0.25) is 0 Å². The molecule has 1 saturated heterocycles. The first-order chi connectivity index (χ1) is 7.36. The second kappa shape index (κ2) is 5.12. The van der Waals surface area contributed by atoms with E-state index in [0.717, 1.165) is 12.2 Å². The summed E-state index contributed by atoms with van der Waals surface area (Å²) in [6, 6.07) is 4.65. The average Bonchev–Trinajstić information content (AvgIpc) is 2.81. The van der Waals surface area contributed by atoms with E-state index in [9.17, 15) is 0 Å². The third-order valence-electron chi connectivity index (χ3n) is 3.05. The second-order valence-corrected chi connectivity index (χ2v) is 4.21. The summed E-state index contributed by atoms with van der Waals surface area (Å²) >= 11 is 0. The molecule has 0 aromatic carbocycles. The van der Waals surface area contributed by atoms with Crippen LogP contribution in [0.15, 0.2) is 24.5 Å². The zero-order valence-corrected chi connectivity index (χ0v) is 9.32. The smallest absolute Gasteiger partial charge is 0.0371 e. The minimum atomic E-state index is 0.626. The first kappa shape index (κ1) is 10.4. The first-order valence-corrected chi connectivity index (χ1v) is 5.74. The second-order valence-electron chi connectivity index (χ2n) is 4.21. The lowest BCUT2D eigenvalue weighted by molar-refractivity contribution is 0.269. The van der Waals surface area contributed by atoms with Crippen molar-refractivity contribution in [2.24, 2.45) is 0 Å². The molecule has 1 atom stereocenters. The number of likely N-dealkylation sites (tertiary alicyclic amines) is 1. The number of hydrogen-bond acceptors (Lipinski definition) is 3. The zero-order valence-electron chi connectivity index (χ0n) is 9.32. The molecule has 1 aliphatic heterocycles. The number of nitrogens with one attached hydrogen (secondary N) is 1. The summed E-state index contributed by atoms with van der Waals surface area (Å²) in [6.07, 6.45) is 6.37. The Morgan fingerprint density at radius 1 is 1.33 bits per heavy atom. The maximum atomic E-state index is 4.00. The maximum absolute atomic E-state index is 4.00. The van der Waals surface area contributed by atoms with Gasteiger partial charge in [-0.05, 0) is 45.0 Å². The molecule has 0 saturated carbocycles. The molecule has 15 heavy (non-hydrogen) atoms. The van der Waals surface area contributed by atoms with Gasteiger partial charge < -0.3 is 5.32 Å². The summed E-state index contributed by atoms with van der Waals surface area (Å²) in [4.78, 5) is 6.55. The van der Waals surface area contributed by atoms with E-state index in [2.05, 4.69) is 22.1 Å². The van der Waals surface area contributed by atoms with Gasteiger partial charge in [0.1, 0.15) is 0 Å². The van der Waals surface area contributed by atoms with Crippen LogP contribution in [-0.4, -0.2) is 35.6 Å². The SMILES string of the molecule is CC(CNc1ccncc1)N1CCCC1. The van der Waals surface area contributed by atoms with Gasteiger partial charge in [-0.3, -0.25) is 9.88 Å². The Balaban J connectivity index is 1.77. The van der Waals surface area contributed by atoms with Crippen molar-refractivity contribution in [3.05, 3.63) is 24.5 Å². The third-order valence-corrected chi connectivity index (χ3v) is 3.05. The summed E-state index contributed by atoms with van der Waals surface area (Å²) in [5.74, 6) is 0. The van der Waals surface area contributed by atoms with Crippen molar-refractivity contribution in [2.75, 3.05) is 25.0 Å². The molecular formula is C12H19N3. The van der Waals surface area contributed by atoms with Gasteiger partial charge >= 0.3 is 0 Å². The van der Waals surface area contributed by atoms with E-state index in [4.69, 9.17) is 0 Å².